The van der Waals surface area contributed by atoms with Gasteiger partial charge < -0.3 is 5.32 Å². The lowest BCUT2D eigenvalue weighted by Gasteiger charge is -2.11. The zero-order valence-corrected chi connectivity index (χ0v) is 6.12. The van der Waals surface area contributed by atoms with Crippen LogP contribution in [0.3, 0.4) is 0 Å². The fourth-order valence-corrected chi connectivity index (χ4v) is 0.806. The van der Waals surface area contributed by atoms with E-state index < -0.39 is 17.5 Å². The predicted octanol–water partition coefficient (Wildman–Crippen LogP) is -0.416. The molecular formula is C5H6N2O2S. The second kappa shape index (κ2) is 2.02. The first kappa shape index (κ1) is 7.14. The minimum atomic E-state index is -0.994. The highest BCUT2D eigenvalue weighted by Crippen LogP contribution is 2.05. The zero-order chi connectivity index (χ0) is 7.78. The van der Waals surface area contributed by atoms with Crippen molar-refractivity contribution >= 4 is 29.5 Å². The molecule has 2 N–H and O–H groups in total. The van der Waals surface area contributed by atoms with Crippen LogP contribution in [-0.2, 0) is 4.79 Å². The average Bonchev–Trinajstić information content (AvgIpc) is 2.09. The number of amides is 3. The van der Waals surface area contributed by atoms with Gasteiger partial charge in [0.05, 0.1) is 0 Å². The molecule has 0 aromatic heterocycles. The molecule has 1 aliphatic rings. The molecule has 0 bridgehead atoms. The maximum atomic E-state index is 10.8. The van der Waals surface area contributed by atoms with Crippen molar-refractivity contribution in [2.45, 2.75) is 12.5 Å². The largest absolute Gasteiger partial charge is 0.322 e. The van der Waals surface area contributed by atoms with Crippen LogP contribution in [0.2, 0.25) is 0 Å². The zero-order valence-electron chi connectivity index (χ0n) is 5.30. The van der Waals surface area contributed by atoms with Crippen LogP contribution in [0.5, 0.6) is 0 Å². The lowest BCUT2D eigenvalue weighted by atomic mass is 10.1. The highest BCUT2D eigenvalue weighted by Gasteiger charge is 2.39. The summed E-state index contributed by atoms with van der Waals surface area (Å²) in [6.45, 7) is 1.54. The van der Waals surface area contributed by atoms with Gasteiger partial charge >= 0.3 is 6.03 Å². The van der Waals surface area contributed by atoms with Crippen molar-refractivity contribution in [2.24, 2.45) is 0 Å². The first-order chi connectivity index (χ1) is 4.58. The second-order valence-electron chi connectivity index (χ2n) is 2.23. The van der Waals surface area contributed by atoms with E-state index in [0.29, 0.717) is 0 Å². The van der Waals surface area contributed by atoms with Crippen molar-refractivity contribution in [2.75, 3.05) is 0 Å². The summed E-state index contributed by atoms with van der Waals surface area (Å²) in [5, 5.41) is 5.67. The van der Waals surface area contributed by atoms with Crippen LogP contribution in [0.1, 0.15) is 6.92 Å². The first-order valence-electron chi connectivity index (χ1n) is 2.68. The molecule has 0 aromatic rings. The van der Waals surface area contributed by atoms with E-state index in [1.54, 1.807) is 6.92 Å². The molecular weight excluding hydrogens is 152 g/mol. The molecule has 5 heteroatoms. The van der Waals surface area contributed by atoms with Gasteiger partial charge in [-0.2, -0.15) is 0 Å². The Balaban J connectivity index is 2.90. The minimum absolute atomic E-state index is 0.396. The monoisotopic (exact) mass is 158 g/mol. The molecule has 3 amide bonds. The van der Waals surface area contributed by atoms with E-state index in [9.17, 15) is 9.59 Å². The third kappa shape index (κ3) is 0.881. The van der Waals surface area contributed by atoms with E-state index >= 15 is 0 Å². The van der Waals surface area contributed by atoms with Crippen molar-refractivity contribution in [1.29, 1.82) is 0 Å². The van der Waals surface area contributed by atoms with Crippen LogP contribution >= 0.6 is 12.2 Å². The Morgan fingerprint density at radius 2 is 2.20 bits per heavy atom. The van der Waals surface area contributed by atoms with Gasteiger partial charge in [0, 0.05) is 5.37 Å². The predicted molar refractivity (Wildman–Crippen MR) is 38.7 cm³/mol. The Kier molecular flexibility index (Phi) is 1.44. The number of urea groups is 1. The normalized spacial score (nSPS) is 31.3. The van der Waals surface area contributed by atoms with E-state index in [4.69, 9.17) is 0 Å². The van der Waals surface area contributed by atoms with Crippen molar-refractivity contribution in [3.05, 3.63) is 0 Å². The Morgan fingerprint density at radius 3 is 2.40 bits per heavy atom. The van der Waals surface area contributed by atoms with E-state index in [1.165, 1.54) is 5.37 Å². The molecule has 1 unspecified atom stereocenters. The maximum Gasteiger partial charge on any atom is 0.322 e. The third-order valence-electron chi connectivity index (χ3n) is 1.31. The van der Waals surface area contributed by atoms with Crippen LogP contribution in [0.25, 0.3) is 0 Å². The van der Waals surface area contributed by atoms with Crippen LogP contribution in [-0.4, -0.2) is 22.8 Å². The molecule has 0 radical (unpaired) electrons. The molecule has 1 rings (SSSR count). The Bertz CT molecular complexity index is 216. The first-order valence-corrected chi connectivity index (χ1v) is 3.15. The third-order valence-corrected chi connectivity index (χ3v) is 1.78. The molecule has 0 aliphatic carbocycles. The standard InChI is InChI=1S/C5H6N2O2S/c1-5(2-10)3(8)6-4(9)7-5/h2H,1H3,(H2,6,7,8,9). The number of thiocarbonyl (C=S) groups is 1. The van der Waals surface area contributed by atoms with E-state index in [2.05, 4.69) is 22.9 Å². The van der Waals surface area contributed by atoms with Gasteiger partial charge in [0.2, 0.25) is 0 Å². The fourth-order valence-electron chi connectivity index (χ4n) is 0.640. The number of nitrogens with one attached hydrogen (secondary N) is 2. The highest BCUT2D eigenvalue weighted by molar-refractivity contribution is 7.79. The minimum Gasteiger partial charge on any atom is -0.319 e. The molecule has 0 spiro atoms. The van der Waals surface area contributed by atoms with Crippen LogP contribution in [0, 0.1) is 0 Å². The van der Waals surface area contributed by atoms with Gasteiger partial charge in [0.15, 0.2) is 0 Å². The second-order valence-corrected chi connectivity index (χ2v) is 2.46. The van der Waals surface area contributed by atoms with E-state index in [0.717, 1.165) is 0 Å². The van der Waals surface area contributed by atoms with Gasteiger partial charge in [-0.05, 0) is 6.92 Å². The van der Waals surface area contributed by atoms with Crippen LogP contribution in [0.15, 0.2) is 0 Å². The quantitative estimate of drug-likeness (QED) is 0.402. The summed E-state index contributed by atoms with van der Waals surface area (Å²) >= 11 is 4.55. The summed E-state index contributed by atoms with van der Waals surface area (Å²) in [6, 6.07) is -0.492. The van der Waals surface area contributed by atoms with Gasteiger partial charge in [-0.15, -0.1) is 0 Å². The van der Waals surface area contributed by atoms with Gasteiger partial charge in [-0.1, -0.05) is 12.2 Å². The van der Waals surface area contributed by atoms with Gasteiger partial charge in [-0.25, -0.2) is 4.79 Å². The summed E-state index contributed by atoms with van der Waals surface area (Å²) in [4.78, 5) is 21.4. The number of rotatable bonds is 1. The fraction of sp³-hybridized carbons (Fsp3) is 0.400. The molecule has 54 valence electrons. The van der Waals surface area contributed by atoms with Crippen LogP contribution < -0.4 is 10.6 Å². The number of carbonyl (C=O) groups excluding carboxylic acids is 2. The summed E-state index contributed by atoms with van der Waals surface area (Å²) in [7, 11) is 0. The van der Waals surface area contributed by atoms with E-state index in [1.807, 2.05) is 0 Å². The lowest BCUT2D eigenvalue weighted by Crippen LogP contribution is -2.44. The van der Waals surface area contributed by atoms with Gasteiger partial charge in [0.25, 0.3) is 5.91 Å². The number of imide groups is 1. The highest BCUT2D eigenvalue weighted by atomic mass is 32.1. The molecule has 1 heterocycles. The van der Waals surface area contributed by atoms with Crippen molar-refractivity contribution < 1.29 is 9.59 Å². The van der Waals surface area contributed by atoms with Crippen molar-refractivity contribution in [1.82, 2.24) is 10.6 Å². The molecule has 0 aromatic carbocycles. The number of hydrogen-bond donors (Lipinski definition) is 2. The smallest absolute Gasteiger partial charge is 0.319 e. The van der Waals surface area contributed by atoms with Gasteiger partial charge in [0.1, 0.15) is 5.54 Å². The Labute approximate surface area is 63.0 Å². The van der Waals surface area contributed by atoms with Crippen molar-refractivity contribution in [3.63, 3.8) is 0 Å². The van der Waals surface area contributed by atoms with Crippen LogP contribution in [0.4, 0.5) is 4.79 Å². The molecule has 1 fully saturated rings. The SMILES string of the molecule is CC1(C=S)NC(=O)NC1=O. The molecule has 4 nitrogen and oxygen atoms in total. The van der Waals surface area contributed by atoms with Crippen molar-refractivity contribution in [3.8, 4) is 0 Å². The number of carbonyl (C=O) groups is 2. The lowest BCUT2D eigenvalue weighted by molar-refractivity contribution is -0.121. The Hall–Kier alpha value is -0.970. The average molecular weight is 158 g/mol. The van der Waals surface area contributed by atoms with Gasteiger partial charge in [-0.3, -0.25) is 10.1 Å². The summed E-state index contributed by atoms with van der Waals surface area (Å²) < 4.78 is 0. The maximum absolute atomic E-state index is 10.8. The summed E-state index contributed by atoms with van der Waals surface area (Å²) in [6.07, 6.45) is 0. The molecule has 0 saturated carbocycles. The molecule has 1 aliphatic heterocycles. The molecule has 1 atom stereocenters. The van der Waals surface area contributed by atoms with E-state index in [-0.39, 0.29) is 0 Å². The summed E-state index contributed by atoms with van der Waals surface area (Å²) in [5.41, 5.74) is -0.994. The molecule has 1 saturated heterocycles. The topological polar surface area (TPSA) is 58.2 Å². The molecule has 10 heavy (non-hydrogen) atoms. The summed E-state index contributed by atoms with van der Waals surface area (Å²) in [5.74, 6) is -0.396. The Morgan fingerprint density at radius 1 is 1.60 bits per heavy atom. The number of hydrogen-bond acceptors (Lipinski definition) is 3.